The molecule has 0 N–H and O–H groups in total. The van der Waals surface area contributed by atoms with E-state index < -0.39 is 0 Å². The average molecular weight is 439 g/mol. The first-order valence-electron chi connectivity index (χ1n) is 13.0. The second-order valence-electron chi connectivity index (χ2n) is 10.9. The standard InChI is InChI=1S/C33H42/c1-20-9-12-28(13-10-20)19-29-14-16-31(25(6)23(29)4)33-18-17-32(26(7)27(33)8)30-15-11-21(2)22(3)24(30)5/h11,14-18,20,28H,9-10,12-13,19H2,1-8H3. The first-order valence-corrected chi connectivity index (χ1v) is 13.0. The quantitative estimate of drug-likeness (QED) is 0.380. The van der Waals surface area contributed by atoms with E-state index in [1.54, 1.807) is 5.56 Å². The molecule has 174 valence electrons. The zero-order valence-corrected chi connectivity index (χ0v) is 22.2. The van der Waals surface area contributed by atoms with Crippen LogP contribution in [-0.2, 0) is 6.42 Å². The van der Waals surface area contributed by atoms with Gasteiger partial charge in [-0.3, -0.25) is 0 Å². The second-order valence-corrected chi connectivity index (χ2v) is 10.9. The van der Waals surface area contributed by atoms with Crippen molar-refractivity contribution in [3.05, 3.63) is 80.9 Å². The van der Waals surface area contributed by atoms with E-state index in [2.05, 4.69) is 91.8 Å². The number of benzene rings is 3. The molecule has 0 amide bonds. The molecule has 0 nitrogen and oxygen atoms in total. The van der Waals surface area contributed by atoms with Crippen molar-refractivity contribution >= 4 is 0 Å². The van der Waals surface area contributed by atoms with E-state index in [-0.39, 0.29) is 0 Å². The van der Waals surface area contributed by atoms with Crippen molar-refractivity contribution in [1.82, 2.24) is 0 Å². The van der Waals surface area contributed by atoms with E-state index in [4.69, 9.17) is 0 Å². The molecule has 1 aliphatic rings. The van der Waals surface area contributed by atoms with Crippen LogP contribution in [0.15, 0.2) is 36.4 Å². The van der Waals surface area contributed by atoms with E-state index in [1.807, 2.05) is 0 Å². The van der Waals surface area contributed by atoms with Gasteiger partial charge in [-0.05, 0) is 146 Å². The molecule has 3 aromatic carbocycles. The molecular formula is C33H42. The Morgan fingerprint density at radius 1 is 0.515 bits per heavy atom. The fourth-order valence-corrected chi connectivity index (χ4v) is 5.89. The molecule has 0 saturated heterocycles. The number of aryl methyl sites for hydroxylation is 1. The van der Waals surface area contributed by atoms with Crippen LogP contribution in [-0.4, -0.2) is 0 Å². The lowest BCUT2D eigenvalue weighted by molar-refractivity contribution is 0.288. The minimum atomic E-state index is 0.870. The van der Waals surface area contributed by atoms with Crippen molar-refractivity contribution in [3.63, 3.8) is 0 Å². The highest BCUT2D eigenvalue weighted by atomic mass is 14.3. The molecule has 1 saturated carbocycles. The van der Waals surface area contributed by atoms with E-state index in [0.29, 0.717) is 0 Å². The van der Waals surface area contributed by atoms with Gasteiger partial charge >= 0.3 is 0 Å². The lowest BCUT2D eigenvalue weighted by atomic mass is 9.78. The summed E-state index contributed by atoms with van der Waals surface area (Å²) in [4.78, 5) is 0. The zero-order valence-electron chi connectivity index (χ0n) is 22.2. The maximum Gasteiger partial charge on any atom is -0.0149 e. The number of hydrogen-bond acceptors (Lipinski definition) is 0. The van der Waals surface area contributed by atoms with Gasteiger partial charge in [0.2, 0.25) is 0 Å². The van der Waals surface area contributed by atoms with Gasteiger partial charge in [0.05, 0.1) is 0 Å². The van der Waals surface area contributed by atoms with E-state index in [9.17, 15) is 0 Å². The van der Waals surface area contributed by atoms with Gasteiger partial charge in [0.1, 0.15) is 0 Å². The molecule has 0 bridgehead atoms. The summed E-state index contributed by atoms with van der Waals surface area (Å²) in [6.45, 7) is 18.4. The first-order chi connectivity index (χ1) is 15.7. The van der Waals surface area contributed by atoms with Gasteiger partial charge in [-0.2, -0.15) is 0 Å². The fraction of sp³-hybridized carbons (Fsp3) is 0.455. The van der Waals surface area contributed by atoms with E-state index in [1.165, 1.54) is 93.3 Å². The summed E-state index contributed by atoms with van der Waals surface area (Å²) < 4.78 is 0. The average Bonchev–Trinajstić information content (AvgIpc) is 2.80. The smallest absolute Gasteiger partial charge is 0.0149 e. The van der Waals surface area contributed by atoms with Crippen LogP contribution in [0, 0.1) is 60.3 Å². The molecule has 1 aliphatic carbocycles. The van der Waals surface area contributed by atoms with Crippen LogP contribution >= 0.6 is 0 Å². The van der Waals surface area contributed by atoms with E-state index >= 15 is 0 Å². The summed E-state index contributed by atoms with van der Waals surface area (Å²) in [5.74, 6) is 1.79. The van der Waals surface area contributed by atoms with Crippen molar-refractivity contribution in [2.24, 2.45) is 11.8 Å². The Kier molecular flexibility index (Phi) is 6.85. The van der Waals surface area contributed by atoms with Crippen LogP contribution in [0.3, 0.4) is 0 Å². The lowest BCUT2D eigenvalue weighted by Gasteiger charge is -2.27. The Balaban J connectivity index is 1.68. The molecular weight excluding hydrogens is 396 g/mol. The fourth-order valence-electron chi connectivity index (χ4n) is 5.89. The first kappa shape index (κ1) is 23.8. The Bertz CT molecular complexity index is 1170. The largest absolute Gasteiger partial charge is 0.0625 e. The minimum Gasteiger partial charge on any atom is -0.0625 e. The molecule has 33 heavy (non-hydrogen) atoms. The van der Waals surface area contributed by atoms with Crippen molar-refractivity contribution in [1.29, 1.82) is 0 Å². The molecule has 4 rings (SSSR count). The Labute approximate surface area is 202 Å². The molecule has 0 unspecified atom stereocenters. The monoisotopic (exact) mass is 438 g/mol. The van der Waals surface area contributed by atoms with Crippen LogP contribution < -0.4 is 0 Å². The summed E-state index contributed by atoms with van der Waals surface area (Å²) in [6.07, 6.45) is 6.87. The van der Waals surface area contributed by atoms with Crippen molar-refractivity contribution in [2.75, 3.05) is 0 Å². The SMILES string of the molecule is Cc1ccc(-c2ccc(-c3ccc(CC4CCC(C)CC4)c(C)c3C)c(C)c2C)c(C)c1C. The van der Waals surface area contributed by atoms with Crippen LogP contribution in [0.4, 0.5) is 0 Å². The van der Waals surface area contributed by atoms with Gasteiger partial charge in [0.15, 0.2) is 0 Å². The number of hydrogen-bond donors (Lipinski definition) is 0. The predicted molar refractivity (Wildman–Crippen MR) is 145 cm³/mol. The summed E-state index contributed by atoms with van der Waals surface area (Å²) in [5, 5.41) is 0. The normalized spacial score (nSPS) is 18.5. The lowest BCUT2D eigenvalue weighted by Crippen LogP contribution is -2.15. The van der Waals surface area contributed by atoms with Crippen LogP contribution in [0.5, 0.6) is 0 Å². The van der Waals surface area contributed by atoms with E-state index in [0.717, 1.165) is 11.8 Å². The molecule has 0 radical (unpaired) electrons. The van der Waals surface area contributed by atoms with Crippen LogP contribution in [0.1, 0.15) is 77.1 Å². The highest BCUT2D eigenvalue weighted by Gasteiger charge is 2.20. The Morgan fingerprint density at radius 3 is 1.48 bits per heavy atom. The minimum absolute atomic E-state index is 0.870. The third kappa shape index (κ3) is 4.54. The van der Waals surface area contributed by atoms with Gasteiger partial charge < -0.3 is 0 Å². The molecule has 0 aliphatic heterocycles. The topological polar surface area (TPSA) is 0 Å². The van der Waals surface area contributed by atoms with Gasteiger partial charge in [0.25, 0.3) is 0 Å². The van der Waals surface area contributed by atoms with Crippen molar-refractivity contribution in [3.8, 4) is 22.3 Å². The van der Waals surface area contributed by atoms with Gasteiger partial charge in [0, 0.05) is 0 Å². The molecule has 0 heteroatoms. The van der Waals surface area contributed by atoms with Gasteiger partial charge in [-0.25, -0.2) is 0 Å². The van der Waals surface area contributed by atoms with Crippen LogP contribution in [0.25, 0.3) is 22.3 Å². The highest BCUT2D eigenvalue weighted by Crippen LogP contribution is 2.38. The Morgan fingerprint density at radius 2 is 0.939 bits per heavy atom. The van der Waals surface area contributed by atoms with Crippen molar-refractivity contribution < 1.29 is 0 Å². The number of rotatable bonds is 4. The third-order valence-electron chi connectivity index (χ3n) is 8.97. The Hall–Kier alpha value is -2.34. The molecule has 0 heterocycles. The molecule has 0 spiro atoms. The maximum atomic E-state index is 2.42. The molecule has 0 atom stereocenters. The second kappa shape index (κ2) is 9.49. The van der Waals surface area contributed by atoms with Gasteiger partial charge in [-0.15, -0.1) is 0 Å². The molecule has 0 aromatic heterocycles. The summed E-state index contributed by atoms with van der Waals surface area (Å²) in [5.41, 5.74) is 17.0. The third-order valence-corrected chi connectivity index (χ3v) is 8.97. The molecule has 3 aromatic rings. The zero-order chi connectivity index (χ0) is 23.9. The summed E-state index contributed by atoms with van der Waals surface area (Å²) in [7, 11) is 0. The van der Waals surface area contributed by atoms with Crippen LogP contribution in [0.2, 0.25) is 0 Å². The van der Waals surface area contributed by atoms with Gasteiger partial charge in [-0.1, -0.05) is 56.2 Å². The maximum absolute atomic E-state index is 2.42. The van der Waals surface area contributed by atoms with Crippen molar-refractivity contribution in [2.45, 2.75) is 87.5 Å². The predicted octanol–water partition coefficient (Wildman–Crippen LogP) is 9.55. The highest BCUT2D eigenvalue weighted by molar-refractivity contribution is 5.80. The summed E-state index contributed by atoms with van der Waals surface area (Å²) in [6, 6.07) is 14.1. The summed E-state index contributed by atoms with van der Waals surface area (Å²) >= 11 is 0. The molecule has 1 fully saturated rings.